The van der Waals surface area contributed by atoms with Crippen molar-refractivity contribution in [1.29, 1.82) is 5.26 Å². The highest BCUT2D eigenvalue weighted by Crippen LogP contribution is 2.36. The average Bonchev–Trinajstić information content (AvgIpc) is 3.07. The molecule has 1 aromatic heterocycles. The van der Waals surface area contributed by atoms with Crippen molar-refractivity contribution in [2.45, 2.75) is 59.7 Å². The van der Waals surface area contributed by atoms with Gasteiger partial charge in [-0.3, -0.25) is 19.1 Å². The number of carbonyl (C=O) groups is 1. The van der Waals surface area contributed by atoms with Crippen LogP contribution in [0.25, 0.3) is 6.08 Å². The number of pyridine rings is 1. The Labute approximate surface area is 204 Å². The first kappa shape index (κ1) is 24.7. The molecule has 1 amide bonds. The van der Waals surface area contributed by atoms with Gasteiger partial charge in [-0.25, -0.2) is 0 Å². The molecule has 1 fully saturated rings. The van der Waals surface area contributed by atoms with Gasteiger partial charge in [0.15, 0.2) is 0 Å². The molecule has 33 heavy (non-hydrogen) atoms. The number of carbonyl (C=O) groups excluding carboxylic acids is 1. The highest BCUT2D eigenvalue weighted by Gasteiger charge is 2.34. The predicted molar refractivity (Wildman–Crippen MR) is 139 cm³/mol. The first-order valence-electron chi connectivity index (χ1n) is 11.0. The molecule has 8 heteroatoms. The smallest absolute Gasteiger partial charge is 0.270 e. The zero-order valence-electron chi connectivity index (χ0n) is 19.3. The van der Waals surface area contributed by atoms with Crippen LogP contribution in [0.1, 0.15) is 55.9 Å². The molecule has 0 saturated carbocycles. The summed E-state index contributed by atoms with van der Waals surface area (Å²) < 4.78 is 2.14. The van der Waals surface area contributed by atoms with Crippen molar-refractivity contribution >= 4 is 46.1 Å². The molecule has 0 radical (unpaired) electrons. The minimum atomic E-state index is -0.314. The van der Waals surface area contributed by atoms with Gasteiger partial charge in [0.2, 0.25) is 0 Å². The number of rotatable bonds is 8. The van der Waals surface area contributed by atoms with Gasteiger partial charge in [-0.2, -0.15) is 5.26 Å². The summed E-state index contributed by atoms with van der Waals surface area (Å²) >= 11 is 6.67. The SMILES string of the molecule is CCCCn1c(NCc2ccccc2)c(/C=C2/SC(=S)N(C(C)C)C2=O)c(C)c(C#N)c1=O. The van der Waals surface area contributed by atoms with Gasteiger partial charge in [-0.05, 0) is 44.4 Å². The van der Waals surface area contributed by atoms with Crippen LogP contribution in [-0.2, 0) is 17.9 Å². The van der Waals surface area contributed by atoms with E-state index in [2.05, 4.69) is 18.3 Å². The van der Waals surface area contributed by atoms with Crippen molar-refractivity contribution in [2.75, 3.05) is 5.32 Å². The number of thiocarbonyl (C=S) groups is 1. The number of hydrogen-bond donors (Lipinski definition) is 1. The maximum absolute atomic E-state index is 13.2. The van der Waals surface area contributed by atoms with Crippen LogP contribution in [-0.4, -0.2) is 25.7 Å². The zero-order valence-corrected chi connectivity index (χ0v) is 21.0. The third-order valence-corrected chi connectivity index (χ3v) is 6.86. The second-order valence-electron chi connectivity index (χ2n) is 8.17. The summed E-state index contributed by atoms with van der Waals surface area (Å²) in [6, 6.07) is 11.9. The standard InChI is InChI=1S/C25H28N4O2S2/c1-5-6-12-28-22(27-15-18-10-8-7-9-11-18)19(17(4)20(14-26)23(28)30)13-21-24(31)29(16(2)3)25(32)33-21/h7-11,13,16,27H,5-6,12,15H2,1-4H3/b21-13+. The number of nitriles is 1. The van der Waals surface area contributed by atoms with Crippen molar-refractivity contribution in [3.8, 4) is 6.07 Å². The Balaban J connectivity index is 2.18. The molecule has 1 N–H and O–H groups in total. The van der Waals surface area contributed by atoms with E-state index in [0.717, 1.165) is 18.4 Å². The molecule has 1 aromatic carbocycles. The minimum Gasteiger partial charge on any atom is -0.367 e. The second kappa shape index (κ2) is 10.8. The van der Waals surface area contributed by atoms with Crippen LogP contribution in [0.2, 0.25) is 0 Å². The molecule has 1 aliphatic rings. The summed E-state index contributed by atoms with van der Waals surface area (Å²) in [7, 11) is 0. The number of unbranched alkanes of at least 4 members (excludes halogenated alkanes) is 1. The Morgan fingerprint density at radius 3 is 2.52 bits per heavy atom. The lowest BCUT2D eigenvalue weighted by atomic mass is 10.0. The lowest BCUT2D eigenvalue weighted by Gasteiger charge is -2.20. The molecule has 0 spiro atoms. The fourth-order valence-electron chi connectivity index (χ4n) is 3.72. The molecule has 0 atom stereocenters. The van der Waals surface area contributed by atoms with Crippen LogP contribution in [0.3, 0.4) is 0 Å². The van der Waals surface area contributed by atoms with Crippen LogP contribution in [0.15, 0.2) is 40.0 Å². The van der Waals surface area contributed by atoms with Crippen molar-refractivity contribution in [3.05, 3.63) is 67.8 Å². The van der Waals surface area contributed by atoms with E-state index < -0.39 is 0 Å². The van der Waals surface area contributed by atoms with Gasteiger partial charge in [-0.15, -0.1) is 0 Å². The van der Waals surface area contributed by atoms with Crippen molar-refractivity contribution < 1.29 is 4.79 Å². The normalized spacial score (nSPS) is 14.9. The Kier molecular flexibility index (Phi) is 8.11. The van der Waals surface area contributed by atoms with E-state index in [9.17, 15) is 14.9 Å². The molecule has 0 aliphatic carbocycles. The lowest BCUT2D eigenvalue weighted by molar-refractivity contribution is -0.123. The van der Waals surface area contributed by atoms with Crippen LogP contribution in [0.5, 0.6) is 0 Å². The summed E-state index contributed by atoms with van der Waals surface area (Å²) in [6.07, 6.45) is 3.47. The molecule has 3 rings (SSSR count). The number of benzene rings is 1. The summed E-state index contributed by atoms with van der Waals surface area (Å²) in [5.74, 6) is 0.460. The molecule has 0 unspecified atom stereocenters. The number of aromatic nitrogens is 1. The van der Waals surface area contributed by atoms with Crippen LogP contribution < -0.4 is 10.9 Å². The highest BCUT2D eigenvalue weighted by molar-refractivity contribution is 8.26. The minimum absolute atomic E-state index is 0.0478. The Morgan fingerprint density at radius 1 is 1.24 bits per heavy atom. The number of anilines is 1. The van der Waals surface area contributed by atoms with Gasteiger partial charge in [0.05, 0.1) is 4.91 Å². The zero-order chi connectivity index (χ0) is 24.1. The molecular formula is C25H28N4O2S2. The van der Waals surface area contributed by atoms with Crippen LogP contribution >= 0.6 is 24.0 Å². The fourth-order valence-corrected chi connectivity index (χ4v) is 5.23. The van der Waals surface area contributed by atoms with Gasteiger partial charge in [0.25, 0.3) is 11.5 Å². The third-order valence-electron chi connectivity index (χ3n) is 5.53. The van der Waals surface area contributed by atoms with Crippen molar-refractivity contribution in [1.82, 2.24) is 9.47 Å². The fraction of sp³-hybridized carbons (Fsp3) is 0.360. The van der Waals surface area contributed by atoms with E-state index in [1.165, 1.54) is 11.8 Å². The number of hydrogen-bond acceptors (Lipinski definition) is 6. The quantitative estimate of drug-likeness (QED) is 0.421. The van der Waals surface area contributed by atoms with Gasteiger partial charge in [0.1, 0.15) is 21.8 Å². The van der Waals surface area contributed by atoms with Crippen molar-refractivity contribution in [2.24, 2.45) is 0 Å². The van der Waals surface area contributed by atoms with E-state index in [4.69, 9.17) is 12.2 Å². The predicted octanol–water partition coefficient (Wildman–Crippen LogP) is 5.05. The van der Waals surface area contributed by atoms with Gasteiger partial charge in [0, 0.05) is 24.7 Å². The van der Waals surface area contributed by atoms with Crippen molar-refractivity contribution in [3.63, 3.8) is 0 Å². The van der Waals surface area contributed by atoms with E-state index >= 15 is 0 Å². The van der Waals surface area contributed by atoms with E-state index in [0.29, 0.717) is 39.3 Å². The maximum Gasteiger partial charge on any atom is 0.270 e. The summed E-state index contributed by atoms with van der Waals surface area (Å²) in [4.78, 5) is 28.3. The summed E-state index contributed by atoms with van der Waals surface area (Å²) in [6.45, 7) is 8.64. The lowest BCUT2D eigenvalue weighted by Crippen LogP contribution is -2.34. The Morgan fingerprint density at radius 2 is 1.94 bits per heavy atom. The second-order valence-corrected chi connectivity index (χ2v) is 9.84. The highest BCUT2D eigenvalue weighted by atomic mass is 32.2. The van der Waals surface area contributed by atoms with Gasteiger partial charge in [-0.1, -0.05) is 67.7 Å². The molecule has 1 saturated heterocycles. The molecule has 1 aliphatic heterocycles. The monoisotopic (exact) mass is 480 g/mol. The first-order chi connectivity index (χ1) is 15.8. The number of nitrogens with zero attached hydrogens (tertiary/aromatic N) is 3. The Hall–Kier alpha value is -2.89. The molecular weight excluding hydrogens is 452 g/mol. The number of amides is 1. The molecule has 2 heterocycles. The largest absolute Gasteiger partial charge is 0.367 e. The molecule has 172 valence electrons. The van der Waals surface area contributed by atoms with Crippen LogP contribution in [0.4, 0.5) is 5.82 Å². The summed E-state index contributed by atoms with van der Waals surface area (Å²) in [5, 5.41) is 13.2. The number of thioether (sulfide) groups is 1. The first-order valence-corrected chi connectivity index (χ1v) is 12.2. The van der Waals surface area contributed by atoms with Crippen LogP contribution in [0, 0.1) is 18.3 Å². The number of nitrogens with one attached hydrogen (secondary N) is 1. The third kappa shape index (κ3) is 5.21. The van der Waals surface area contributed by atoms with E-state index in [1.54, 1.807) is 22.5 Å². The van der Waals surface area contributed by atoms with E-state index in [-0.39, 0.29) is 23.1 Å². The Bertz CT molecular complexity index is 1190. The average molecular weight is 481 g/mol. The van der Waals surface area contributed by atoms with E-state index in [1.807, 2.05) is 44.2 Å². The topological polar surface area (TPSA) is 78.1 Å². The summed E-state index contributed by atoms with van der Waals surface area (Å²) in [5.41, 5.74) is 2.07. The molecule has 6 nitrogen and oxygen atoms in total. The maximum atomic E-state index is 13.2. The van der Waals surface area contributed by atoms with Gasteiger partial charge < -0.3 is 5.32 Å². The molecule has 0 bridgehead atoms. The molecule has 2 aromatic rings. The van der Waals surface area contributed by atoms with Gasteiger partial charge >= 0.3 is 0 Å².